The van der Waals surface area contributed by atoms with Gasteiger partial charge in [0.05, 0.1) is 0 Å². The van der Waals surface area contributed by atoms with Crippen LogP contribution in [-0.4, -0.2) is 0 Å². The second-order valence-corrected chi connectivity index (χ2v) is 6.94. The van der Waals surface area contributed by atoms with E-state index in [1.807, 2.05) is 30.3 Å². The molecule has 0 aromatic heterocycles. The summed E-state index contributed by atoms with van der Waals surface area (Å²) in [6.07, 6.45) is 6.87. The summed E-state index contributed by atoms with van der Waals surface area (Å²) in [7, 11) is 0. The summed E-state index contributed by atoms with van der Waals surface area (Å²) in [5.74, 6) is 2.67. The van der Waals surface area contributed by atoms with Crippen molar-refractivity contribution in [3.8, 4) is 11.5 Å². The summed E-state index contributed by atoms with van der Waals surface area (Å²) in [4.78, 5) is 0.464. The molecule has 0 spiro atoms. The number of halogens is 1. The SMILES string of the molecule is BrC(CC1CCCC1)c1ccc(Oc2ccccc2)cc1. The molecule has 0 bridgehead atoms. The average molecular weight is 345 g/mol. The fraction of sp³-hybridized carbons (Fsp3) is 0.368. The van der Waals surface area contributed by atoms with Gasteiger partial charge in [-0.2, -0.15) is 0 Å². The molecule has 2 aromatic carbocycles. The number of hydrogen-bond donors (Lipinski definition) is 0. The zero-order valence-corrected chi connectivity index (χ0v) is 13.8. The Hall–Kier alpha value is -1.28. The van der Waals surface area contributed by atoms with E-state index in [2.05, 4.69) is 40.2 Å². The monoisotopic (exact) mass is 344 g/mol. The lowest BCUT2D eigenvalue weighted by Gasteiger charge is -2.15. The fourth-order valence-electron chi connectivity index (χ4n) is 3.04. The van der Waals surface area contributed by atoms with Crippen molar-refractivity contribution in [1.82, 2.24) is 0 Å². The van der Waals surface area contributed by atoms with Crippen LogP contribution in [0.4, 0.5) is 0 Å². The van der Waals surface area contributed by atoms with Gasteiger partial charge in [-0.25, -0.2) is 0 Å². The summed E-state index contributed by atoms with van der Waals surface area (Å²) in [5, 5.41) is 0. The lowest BCUT2D eigenvalue weighted by atomic mass is 9.98. The van der Waals surface area contributed by atoms with E-state index in [0.717, 1.165) is 17.4 Å². The first-order valence-corrected chi connectivity index (χ1v) is 8.70. The molecule has 0 saturated heterocycles. The molecule has 1 unspecified atom stereocenters. The number of rotatable bonds is 5. The standard InChI is InChI=1S/C19H21BrO/c20-19(14-15-6-4-5-7-15)16-10-12-18(13-11-16)21-17-8-2-1-3-9-17/h1-3,8-13,15,19H,4-7,14H2. The maximum absolute atomic E-state index is 5.83. The van der Waals surface area contributed by atoms with Crippen molar-refractivity contribution in [3.05, 3.63) is 60.2 Å². The maximum Gasteiger partial charge on any atom is 0.127 e. The van der Waals surface area contributed by atoms with Crippen LogP contribution >= 0.6 is 15.9 Å². The van der Waals surface area contributed by atoms with Crippen LogP contribution in [0.25, 0.3) is 0 Å². The van der Waals surface area contributed by atoms with Gasteiger partial charge in [0.1, 0.15) is 11.5 Å². The van der Waals surface area contributed by atoms with E-state index in [1.54, 1.807) is 0 Å². The summed E-state index contributed by atoms with van der Waals surface area (Å²) >= 11 is 3.85. The largest absolute Gasteiger partial charge is 0.457 e. The number of hydrogen-bond acceptors (Lipinski definition) is 1. The van der Waals surface area contributed by atoms with Crippen molar-refractivity contribution < 1.29 is 4.74 Å². The third-order valence-electron chi connectivity index (χ3n) is 4.24. The zero-order valence-electron chi connectivity index (χ0n) is 12.2. The lowest BCUT2D eigenvalue weighted by molar-refractivity contribution is 0.481. The molecule has 0 heterocycles. The van der Waals surface area contributed by atoms with Crippen molar-refractivity contribution in [2.75, 3.05) is 0 Å². The Bertz CT molecular complexity index is 544. The van der Waals surface area contributed by atoms with Crippen LogP contribution in [-0.2, 0) is 0 Å². The molecule has 1 aliphatic rings. The molecule has 110 valence electrons. The van der Waals surface area contributed by atoms with E-state index in [9.17, 15) is 0 Å². The van der Waals surface area contributed by atoms with Gasteiger partial charge < -0.3 is 4.74 Å². The van der Waals surface area contributed by atoms with Crippen molar-refractivity contribution >= 4 is 15.9 Å². The first-order valence-electron chi connectivity index (χ1n) is 7.78. The summed E-state index contributed by atoms with van der Waals surface area (Å²) < 4.78 is 5.83. The van der Waals surface area contributed by atoms with E-state index >= 15 is 0 Å². The van der Waals surface area contributed by atoms with Gasteiger partial charge in [0.25, 0.3) is 0 Å². The number of benzene rings is 2. The van der Waals surface area contributed by atoms with Gasteiger partial charge in [-0.15, -0.1) is 0 Å². The molecule has 0 radical (unpaired) electrons. The Kier molecular flexibility index (Phi) is 4.97. The highest BCUT2D eigenvalue weighted by Crippen LogP contribution is 2.37. The van der Waals surface area contributed by atoms with Gasteiger partial charge in [0, 0.05) is 4.83 Å². The van der Waals surface area contributed by atoms with E-state index in [4.69, 9.17) is 4.74 Å². The smallest absolute Gasteiger partial charge is 0.127 e. The predicted molar refractivity (Wildman–Crippen MR) is 91.2 cm³/mol. The first-order chi connectivity index (χ1) is 10.3. The van der Waals surface area contributed by atoms with Gasteiger partial charge in [-0.05, 0) is 42.2 Å². The molecular formula is C19H21BrO. The molecule has 0 N–H and O–H groups in total. The second-order valence-electron chi connectivity index (χ2n) is 5.84. The Morgan fingerprint density at radius 3 is 2.19 bits per heavy atom. The molecule has 1 atom stereocenters. The van der Waals surface area contributed by atoms with Crippen LogP contribution in [0.3, 0.4) is 0 Å². The normalized spacial score (nSPS) is 16.8. The third kappa shape index (κ3) is 4.10. The van der Waals surface area contributed by atoms with E-state index in [1.165, 1.54) is 37.7 Å². The quantitative estimate of drug-likeness (QED) is 0.562. The molecule has 1 saturated carbocycles. The number of para-hydroxylation sites is 1. The summed E-state index contributed by atoms with van der Waals surface area (Å²) in [6.45, 7) is 0. The topological polar surface area (TPSA) is 9.23 Å². The van der Waals surface area contributed by atoms with Crippen molar-refractivity contribution in [3.63, 3.8) is 0 Å². The van der Waals surface area contributed by atoms with Gasteiger partial charge in [-0.1, -0.05) is 71.9 Å². The molecule has 1 aliphatic carbocycles. The minimum atomic E-state index is 0.464. The van der Waals surface area contributed by atoms with E-state index in [0.29, 0.717) is 4.83 Å². The summed E-state index contributed by atoms with van der Waals surface area (Å²) in [6, 6.07) is 18.4. The van der Waals surface area contributed by atoms with Crippen LogP contribution in [0, 0.1) is 5.92 Å². The van der Waals surface area contributed by atoms with Crippen LogP contribution in [0.5, 0.6) is 11.5 Å². The first kappa shape index (κ1) is 14.6. The van der Waals surface area contributed by atoms with Gasteiger partial charge in [-0.3, -0.25) is 0 Å². The van der Waals surface area contributed by atoms with Crippen molar-refractivity contribution in [2.45, 2.75) is 36.9 Å². The Balaban J connectivity index is 1.60. The highest BCUT2D eigenvalue weighted by molar-refractivity contribution is 9.09. The van der Waals surface area contributed by atoms with Gasteiger partial charge in [0.2, 0.25) is 0 Å². The molecule has 21 heavy (non-hydrogen) atoms. The minimum absolute atomic E-state index is 0.464. The van der Waals surface area contributed by atoms with E-state index < -0.39 is 0 Å². The highest BCUT2D eigenvalue weighted by Gasteiger charge is 2.19. The predicted octanol–water partition coefficient (Wildman–Crippen LogP) is 6.50. The van der Waals surface area contributed by atoms with Crippen molar-refractivity contribution in [2.24, 2.45) is 5.92 Å². The molecule has 3 rings (SSSR count). The summed E-state index contributed by atoms with van der Waals surface area (Å²) in [5.41, 5.74) is 1.35. The number of ether oxygens (including phenoxy) is 1. The number of alkyl halides is 1. The molecule has 1 fully saturated rings. The van der Waals surface area contributed by atoms with E-state index in [-0.39, 0.29) is 0 Å². The minimum Gasteiger partial charge on any atom is -0.457 e. The van der Waals surface area contributed by atoms with Gasteiger partial charge in [0.15, 0.2) is 0 Å². The molecule has 2 aromatic rings. The fourth-order valence-corrected chi connectivity index (χ4v) is 3.88. The Morgan fingerprint density at radius 1 is 0.905 bits per heavy atom. The van der Waals surface area contributed by atoms with Crippen LogP contribution < -0.4 is 4.74 Å². The van der Waals surface area contributed by atoms with Crippen LogP contribution in [0.2, 0.25) is 0 Å². The molecule has 0 amide bonds. The van der Waals surface area contributed by atoms with Gasteiger partial charge >= 0.3 is 0 Å². The Labute approximate surface area is 135 Å². The highest BCUT2D eigenvalue weighted by atomic mass is 79.9. The average Bonchev–Trinajstić information content (AvgIpc) is 3.02. The lowest BCUT2D eigenvalue weighted by Crippen LogP contribution is -1.99. The van der Waals surface area contributed by atoms with Crippen LogP contribution in [0.15, 0.2) is 54.6 Å². The molecule has 0 aliphatic heterocycles. The molecular weight excluding hydrogens is 324 g/mol. The van der Waals surface area contributed by atoms with Crippen LogP contribution in [0.1, 0.15) is 42.5 Å². The maximum atomic E-state index is 5.83. The molecule has 2 heteroatoms. The molecule has 1 nitrogen and oxygen atoms in total. The Morgan fingerprint density at radius 2 is 1.52 bits per heavy atom. The van der Waals surface area contributed by atoms with Crippen molar-refractivity contribution in [1.29, 1.82) is 0 Å². The third-order valence-corrected chi connectivity index (χ3v) is 5.14. The zero-order chi connectivity index (χ0) is 14.5. The second kappa shape index (κ2) is 7.13.